The largest absolute Gasteiger partial charge is 0.416 e. The van der Waals surface area contributed by atoms with Gasteiger partial charge in [-0.1, -0.05) is 5.57 Å². The summed E-state index contributed by atoms with van der Waals surface area (Å²) in [5.74, 6) is -0.885. The SMILES string of the molecule is NC=C1C[C@]2(C(=O)c3cc(C(F)(F)F)ccn3)CNCCC2=CC1=Nc1ccc(F)cc1. The molecule has 32 heavy (non-hydrogen) atoms. The highest BCUT2D eigenvalue weighted by Gasteiger charge is 2.47. The predicted molar refractivity (Wildman–Crippen MR) is 112 cm³/mol. The Hall–Kier alpha value is -3.33. The van der Waals surface area contributed by atoms with Gasteiger partial charge in [-0.2, -0.15) is 13.2 Å². The number of hydrogen-bond acceptors (Lipinski definition) is 5. The maximum Gasteiger partial charge on any atom is 0.416 e. The van der Waals surface area contributed by atoms with Gasteiger partial charge in [0.1, 0.15) is 11.5 Å². The standard InChI is InChI=1S/C23H20F4N4O/c24-17-1-3-18(4-2-17)31-19-9-15-5-7-29-13-22(15,11-14(19)12-28)21(32)20-10-16(6-8-30-20)23(25,26)27/h1-4,6,8-10,12,29H,5,7,11,13,28H2/t22-/m0/s1. The summed E-state index contributed by atoms with van der Waals surface area (Å²) >= 11 is 0. The zero-order valence-corrected chi connectivity index (χ0v) is 16.9. The number of rotatable bonds is 3. The molecule has 0 saturated carbocycles. The zero-order chi connectivity index (χ0) is 22.9. The number of benzene rings is 1. The van der Waals surface area contributed by atoms with Gasteiger partial charge < -0.3 is 11.1 Å². The summed E-state index contributed by atoms with van der Waals surface area (Å²) in [5, 5.41) is 3.17. The van der Waals surface area contributed by atoms with Crippen LogP contribution in [0.3, 0.4) is 0 Å². The first-order valence-corrected chi connectivity index (χ1v) is 9.98. The van der Waals surface area contributed by atoms with Crippen molar-refractivity contribution in [3.63, 3.8) is 0 Å². The Balaban J connectivity index is 1.78. The lowest BCUT2D eigenvalue weighted by atomic mass is 9.64. The molecular weight excluding hydrogens is 424 g/mol. The Morgan fingerprint density at radius 2 is 1.97 bits per heavy atom. The molecule has 1 fully saturated rings. The maximum absolute atomic E-state index is 13.5. The van der Waals surface area contributed by atoms with E-state index in [9.17, 15) is 22.4 Å². The molecule has 1 aliphatic carbocycles. The third kappa shape index (κ3) is 4.08. The number of nitrogens with zero attached hydrogens (tertiary/aromatic N) is 2. The molecule has 1 aliphatic heterocycles. The molecule has 1 aromatic carbocycles. The molecule has 0 amide bonds. The number of nitrogens with two attached hydrogens (primary N) is 1. The van der Waals surface area contributed by atoms with E-state index in [1.54, 1.807) is 6.08 Å². The fourth-order valence-electron chi connectivity index (χ4n) is 4.12. The van der Waals surface area contributed by atoms with Gasteiger partial charge in [-0.05, 0) is 73.6 Å². The average molecular weight is 444 g/mol. The van der Waals surface area contributed by atoms with Gasteiger partial charge in [0.15, 0.2) is 5.78 Å². The molecule has 4 rings (SSSR count). The number of pyridine rings is 1. The molecular formula is C23H20F4N4O. The molecule has 1 saturated heterocycles. The van der Waals surface area contributed by atoms with E-state index < -0.39 is 22.9 Å². The number of nitrogens with one attached hydrogen (secondary N) is 1. The van der Waals surface area contributed by atoms with Crippen molar-refractivity contribution < 1.29 is 22.4 Å². The number of allylic oxidation sites excluding steroid dienone is 2. The van der Waals surface area contributed by atoms with Gasteiger partial charge in [0.25, 0.3) is 0 Å². The van der Waals surface area contributed by atoms with Gasteiger partial charge in [0.2, 0.25) is 0 Å². The molecule has 5 nitrogen and oxygen atoms in total. The summed E-state index contributed by atoms with van der Waals surface area (Å²) < 4.78 is 52.8. The van der Waals surface area contributed by atoms with Gasteiger partial charge in [-0.3, -0.25) is 9.78 Å². The molecule has 3 N–H and O–H groups in total. The Morgan fingerprint density at radius 1 is 1.22 bits per heavy atom. The molecule has 2 aromatic rings. The summed E-state index contributed by atoms with van der Waals surface area (Å²) in [6.07, 6.45) is 0.208. The highest BCUT2D eigenvalue weighted by Crippen LogP contribution is 2.45. The third-order valence-corrected chi connectivity index (χ3v) is 5.78. The lowest BCUT2D eigenvalue weighted by molar-refractivity contribution is -0.137. The van der Waals surface area contributed by atoms with Crippen LogP contribution in [-0.2, 0) is 6.18 Å². The zero-order valence-electron chi connectivity index (χ0n) is 16.9. The Bertz CT molecular complexity index is 1140. The first-order valence-electron chi connectivity index (χ1n) is 9.98. The Morgan fingerprint density at radius 3 is 2.66 bits per heavy atom. The Labute approximate surface area is 181 Å². The normalized spacial score (nSPS) is 23.7. The molecule has 0 radical (unpaired) electrons. The van der Waals surface area contributed by atoms with Gasteiger partial charge in [-0.15, -0.1) is 0 Å². The van der Waals surface area contributed by atoms with Crippen molar-refractivity contribution in [3.05, 3.63) is 83.1 Å². The fourth-order valence-corrected chi connectivity index (χ4v) is 4.12. The highest BCUT2D eigenvalue weighted by molar-refractivity contribution is 6.14. The van der Waals surface area contributed by atoms with E-state index in [2.05, 4.69) is 15.3 Å². The first kappa shape index (κ1) is 21.9. The molecule has 0 unspecified atom stereocenters. The van der Waals surface area contributed by atoms with E-state index >= 15 is 0 Å². The number of halogens is 4. The summed E-state index contributed by atoms with van der Waals surface area (Å²) in [7, 11) is 0. The molecule has 1 atom stereocenters. The van der Waals surface area contributed by atoms with Crippen LogP contribution in [0.5, 0.6) is 0 Å². The number of piperidine rings is 1. The van der Waals surface area contributed by atoms with Gasteiger partial charge in [0, 0.05) is 12.7 Å². The number of aliphatic imine (C=N–C) groups is 1. The lowest BCUT2D eigenvalue weighted by Gasteiger charge is -2.42. The van der Waals surface area contributed by atoms with Crippen LogP contribution in [0.1, 0.15) is 28.9 Å². The number of aromatic nitrogens is 1. The van der Waals surface area contributed by atoms with E-state index in [1.807, 2.05) is 0 Å². The summed E-state index contributed by atoms with van der Waals surface area (Å²) in [5.41, 5.74) is 5.95. The molecule has 1 aromatic heterocycles. The summed E-state index contributed by atoms with van der Waals surface area (Å²) in [6.45, 7) is 0.860. The molecule has 166 valence electrons. The second-order valence-corrected chi connectivity index (χ2v) is 7.78. The van der Waals surface area contributed by atoms with E-state index in [0.717, 1.165) is 23.9 Å². The van der Waals surface area contributed by atoms with Crippen LogP contribution in [0, 0.1) is 11.2 Å². The number of alkyl halides is 3. The van der Waals surface area contributed by atoms with Crippen LogP contribution in [0.2, 0.25) is 0 Å². The molecule has 0 bridgehead atoms. The van der Waals surface area contributed by atoms with Gasteiger partial charge in [-0.25, -0.2) is 9.38 Å². The van der Waals surface area contributed by atoms with E-state index in [-0.39, 0.29) is 24.5 Å². The molecule has 0 spiro atoms. The van der Waals surface area contributed by atoms with Crippen molar-refractivity contribution in [2.24, 2.45) is 16.1 Å². The number of ketones is 1. The van der Waals surface area contributed by atoms with Crippen LogP contribution in [0.15, 0.2) is 71.0 Å². The van der Waals surface area contributed by atoms with Crippen molar-refractivity contribution in [1.29, 1.82) is 0 Å². The monoisotopic (exact) mass is 444 g/mol. The van der Waals surface area contributed by atoms with Crippen molar-refractivity contribution in [2.75, 3.05) is 13.1 Å². The van der Waals surface area contributed by atoms with Crippen LogP contribution in [0.25, 0.3) is 0 Å². The van der Waals surface area contributed by atoms with Crippen molar-refractivity contribution in [1.82, 2.24) is 10.3 Å². The van der Waals surface area contributed by atoms with Crippen LogP contribution in [-0.4, -0.2) is 29.6 Å². The molecule has 2 heterocycles. The van der Waals surface area contributed by atoms with Crippen molar-refractivity contribution >= 4 is 17.2 Å². The van der Waals surface area contributed by atoms with Crippen LogP contribution in [0.4, 0.5) is 23.2 Å². The number of carbonyl (C=O) groups is 1. The lowest BCUT2D eigenvalue weighted by Crippen LogP contribution is -2.50. The fraction of sp³-hybridized carbons (Fsp3) is 0.261. The number of hydrogen-bond donors (Lipinski definition) is 2. The summed E-state index contributed by atoms with van der Waals surface area (Å²) in [6, 6.07) is 7.26. The van der Waals surface area contributed by atoms with E-state index in [1.165, 1.54) is 30.5 Å². The second-order valence-electron chi connectivity index (χ2n) is 7.78. The summed E-state index contributed by atoms with van der Waals surface area (Å²) in [4.78, 5) is 22.0. The van der Waals surface area contributed by atoms with Crippen LogP contribution >= 0.6 is 0 Å². The average Bonchev–Trinajstić information content (AvgIpc) is 2.79. The number of Topliss-reactive ketones (excluding diaryl/α,β-unsaturated/α-hetero) is 1. The quantitative estimate of drug-likeness (QED) is 0.545. The smallest absolute Gasteiger partial charge is 0.404 e. The van der Waals surface area contributed by atoms with E-state index in [0.29, 0.717) is 29.9 Å². The molecule has 2 aliphatic rings. The predicted octanol–water partition coefficient (Wildman–Crippen LogP) is 4.35. The second kappa shape index (κ2) is 8.31. The van der Waals surface area contributed by atoms with Crippen molar-refractivity contribution in [2.45, 2.75) is 19.0 Å². The molecule has 9 heteroatoms. The van der Waals surface area contributed by atoms with Crippen LogP contribution < -0.4 is 11.1 Å². The third-order valence-electron chi connectivity index (χ3n) is 5.78. The first-order chi connectivity index (χ1) is 15.2. The minimum absolute atomic E-state index is 0.166. The number of fused-ring (bicyclic) bond motifs is 1. The van der Waals surface area contributed by atoms with Gasteiger partial charge >= 0.3 is 6.18 Å². The van der Waals surface area contributed by atoms with Gasteiger partial charge in [0.05, 0.1) is 22.4 Å². The topological polar surface area (TPSA) is 80.4 Å². The minimum Gasteiger partial charge on any atom is -0.404 e. The van der Waals surface area contributed by atoms with E-state index in [4.69, 9.17) is 5.73 Å². The number of carbonyl (C=O) groups excluding carboxylic acids is 1. The Kier molecular flexibility index (Phi) is 5.68. The van der Waals surface area contributed by atoms with Crippen molar-refractivity contribution in [3.8, 4) is 0 Å². The maximum atomic E-state index is 13.5. The highest BCUT2D eigenvalue weighted by atomic mass is 19.4. The minimum atomic E-state index is -4.58.